The van der Waals surface area contributed by atoms with Crippen molar-refractivity contribution in [2.45, 2.75) is 60.3 Å². The molecule has 0 unspecified atom stereocenters. The van der Waals surface area contributed by atoms with Crippen LogP contribution in [0.3, 0.4) is 0 Å². The van der Waals surface area contributed by atoms with Gasteiger partial charge in [0.1, 0.15) is 0 Å². The zero-order valence-electron chi connectivity index (χ0n) is 13.4. The van der Waals surface area contributed by atoms with E-state index in [1.54, 1.807) is 13.8 Å². The highest BCUT2D eigenvalue weighted by atomic mass is 19.1. The van der Waals surface area contributed by atoms with Crippen LogP contribution in [0.5, 0.6) is 0 Å². The minimum atomic E-state index is -0.853. The molecule has 0 aromatic carbocycles. The van der Waals surface area contributed by atoms with Crippen LogP contribution in [0, 0.1) is 0 Å². The summed E-state index contributed by atoms with van der Waals surface area (Å²) in [6, 6.07) is 0. The third-order valence-corrected chi connectivity index (χ3v) is 2.93. The van der Waals surface area contributed by atoms with Crippen LogP contribution in [0.25, 0.3) is 0 Å². The second-order valence-electron chi connectivity index (χ2n) is 5.22. The van der Waals surface area contributed by atoms with Crippen molar-refractivity contribution in [3.63, 3.8) is 0 Å². The Kier molecular flexibility index (Phi) is 9.69. The molecule has 20 heavy (non-hydrogen) atoms. The maximum absolute atomic E-state index is 13.6. The van der Waals surface area contributed by atoms with Crippen molar-refractivity contribution >= 4 is 5.97 Å². The van der Waals surface area contributed by atoms with Gasteiger partial charge >= 0.3 is 5.97 Å². The molecule has 0 aliphatic heterocycles. The zero-order valence-corrected chi connectivity index (χ0v) is 13.4. The van der Waals surface area contributed by atoms with E-state index in [1.165, 1.54) is 11.1 Å². The summed E-state index contributed by atoms with van der Waals surface area (Å²) in [5, 5.41) is 0. The number of hydrogen-bond donors (Lipinski definition) is 0. The number of carbonyl (C=O) groups excluding carboxylic acids is 1. The predicted molar refractivity (Wildman–Crippen MR) is 82.1 cm³/mol. The Morgan fingerprint density at radius 2 is 1.65 bits per heavy atom. The van der Waals surface area contributed by atoms with Gasteiger partial charge in [0.25, 0.3) is 0 Å². The van der Waals surface area contributed by atoms with Gasteiger partial charge in [-0.3, -0.25) is 0 Å². The average Bonchev–Trinajstić information content (AvgIpc) is 2.37. The molecule has 0 amide bonds. The number of ether oxygens (including phenoxy) is 1. The fourth-order valence-electron chi connectivity index (χ4n) is 1.70. The fourth-order valence-corrected chi connectivity index (χ4v) is 1.70. The van der Waals surface area contributed by atoms with Crippen LogP contribution in [0.1, 0.15) is 60.3 Å². The molecule has 0 heterocycles. The Balaban J connectivity index is 4.24. The Hall–Kier alpha value is -1.38. The van der Waals surface area contributed by atoms with E-state index in [-0.39, 0.29) is 6.61 Å². The quantitative estimate of drug-likeness (QED) is 0.344. The Bertz CT molecular complexity index is 399. The molecule has 0 N–H and O–H groups in total. The molecule has 0 fully saturated rings. The van der Waals surface area contributed by atoms with E-state index in [4.69, 9.17) is 0 Å². The first kappa shape index (κ1) is 18.6. The minimum absolute atomic E-state index is 0.197. The van der Waals surface area contributed by atoms with E-state index in [2.05, 4.69) is 37.7 Å². The lowest BCUT2D eigenvalue weighted by molar-refractivity contribution is -0.140. The normalized spacial score (nSPS) is 12.8. The molecule has 0 aromatic heterocycles. The van der Waals surface area contributed by atoms with E-state index >= 15 is 0 Å². The third kappa shape index (κ3) is 8.68. The molecule has 0 atom stereocenters. The summed E-state index contributed by atoms with van der Waals surface area (Å²) in [5.41, 5.74) is 3.08. The molecule has 0 saturated carbocycles. The summed E-state index contributed by atoms with van der Waals surface area (Å²) in [6.07, 6.45) is 7.68. The molecular weight excluding hydrogens is 255 g/mol. The van der Waals surface area contributed by atoms with Crippen LogP contribution in [0.4, 0.5) is 4.39 Å². The number of allylic oxidation sites excluding steroid dienone is 5. The van der Waals surface area contributed by atoms with E-state index in [9.17, 15) is 9.18 Å². The Labute approximate surface area is 122 Å². The van der Waals surface area contributed by atoms with Gasteiger partial charge in [-0.15, -0.1) is 0 Å². The van der Waals surface area contributed by atoms with E-state index in [1.807, 2.05) is 0 Å². The molecule has 0 rings (SSSR count). The molecular formula is C17H27FO2. The number of carbonyl (C=O) groups is 1. The van der Waals surface area contributed by atoms with Gasteiger partial charge in [-0.05, 0) is 65.9 Å². The summed E-state index contributed by atoms with van der Waals surface area (Å²) in [6.45, 7) is 9.76. The number of halogens is 1. The van der Waals surface area contributed by atoms with Gasteiger partial charge in [0, 0.05) is 0 Å². The lowest BCUT2D eigenvalue weighted by Crippen LogP contribution is -2.06. The second kappa shape index (κ2) is 10.4. The second-order valence-corrected chi connectivity index (χ2v) is 5.22. The first-order valence-electron chi connectivity index (χ1n) is 7.19. The molecule has 0 bridgehead atoms. The highest BCUT2D eigenvalue weighted by Gasteiger charge is 2.12. The van der Waals surface area contributed by atoms with Crippen LogP contribution in [0.15, 0.2) is 34.7 Å². The smallest absolute Gasteiger partial charge is 0.367 e. The first-order valence-corrected chi connectivity index (χ1v) is 7.19. The highest BCUT2D eigenvalue weighted by Crippen LogP contribution is 2.16. The monoisotopic (exact) mass is 282 g/mol. The van der Waals surface area contributed by atoms with Crippen LogP contribution >= 0.6 is 0 Å². The summed E-state index contributed by atoms with van der Waals surface area (Å²) < 4.78 is 18.2. The van der Waals surface area contributed by atoms with Gasteiger partial charge in [-0.2, -0.15) is 4.39 Å². The molecule has 0 aliphatic carbocycles. The van der Waals surface area contributed by atoms with Gasteiger partial charge in [0.05, 0.1) is 6.61 Å². The standard InChI is InChI=1S/C17H27FO2/c1-6-20-17(19)16(18)15(5)12-8-11-14(4)10-7-9-13(2)3/h9,11H,6-8,10,12H2,1-5H3/b14-11+,16-15+. The van der Waals surface area contributed by atoms with E-state index in [0.29, 0.717) is 12.0 Å². The third-order valence-electron chi connectivity index (χ3n) is 2.93. The lowest BCUT2D eigenvalue weighted by atomic mass is 10.1. The first-order chi connectivity index (χ1) is 9.38. The maximum Gasteiger partial charge on any atom is 0.367 e. The van der Waals surface area contributed by atoms with Crippen molar-refractivity contribution in [2.24, 2.45) is 0 Å². The maximum atomic E-state index is 13.6. The molecule has 2 nitrogen and oxygen atoms in total. The zero-order chi connectivity index (χ0) is 15.5. The van der Waals surface area contributed by atoms with Crippen LogP contribution in [-0.4, -0.2) is 12.6 Å². The summed E-state index contributed by atoms with van der Waals surface area (Å²) in [5.74, 6) is -1.60. The summed E-state index contributed by atoms with van der Waals surface area (Å²) in [7, 11) is 0. The molecule has 114 valence electrons. The lowest BCUT2D eigenvalue weighted by Gasteiger charge is -2.04. The van der Waals surface area contributed by atoms with Gasteiger partial charge in [0.2, 0.25) is 5.83 Å². The van der Waals surface area contributed by atoms with Crippen LogP contribution in [-0.2, 0) is 9.53 Å². The predicted octanol–water partition coefficient (Wildman–Crippen LogP) is 5.27. The van der Waals surface area contributed by atoms with Crippen molar-refractivity contribution in [3.05, 3.63) is 34.7 Å². The SMILES string of the molecule is CCOC(=O)/C(F)=C(/C)CC/C=C(\C)CCC=C(C)C. The summed E-state index contributed by atoms with van der Waals surface area (Å²) in [4.78, 5) is 11.2. The van der Waals surface area contributed by atoms with Gasteiger partial charge in [0.15, 0.2) is 0 Å². The van der Waals surface area contributed by atoms with Crippen LogP contribution in [0.2, 0.25) is 0 Å². The molecule has 0 spiro atoms. The number of hydrogen-bond acceptors (Lipinski definition) is 2. The van der Waals surface area contributed by atoms with Gasteiger partial charge < -0.3 is 4.74 Å². The Morgan fingerprint density at radius 1 is 1.05 bits per heavy atom. The highest BCUT2D eigenvalue weighted by molar-refractivity contribution is 5.86. The van der Waals surface area contributed by atoms with E-state index in [0.717, 1.165) is 19.3 Å². The van der Waals surface area contributed by atoms with Crippen molar-refractivity contribution in [1.29, 1.82) is 0 Å². The van der Waals surface area contributed by atoms with Crippen molar-refractivity contribution in [3.8, 4) is 0 Å². The Morgan fingerprint density at radius 3 is 2.20 bits per heavy atom. The van der Waals surface area contributed by atoms with Crippen molar-refractivity contribution in [1.82, 2.24) is 0 Å². The topological polar surface area (TPSA) is 26.3 Å². The van der Waals surface area contributed by atoms with Crippen molar-refractivity contribution < 1.29 is 13.9 Å². The molecule has 0 aromatic rings. The molecule has 0 saturated heterocycles. The summed E-state index contributed by atoms with van der Waals surface area (Å²) >= 11 is 0. The minimum Gasteiger partial charge on any atom is -0.461 e. The average molecular weight is 282 g/mol. The largest absolute Gasteiger partial charge is 0.461 e. The van der Waals surface area contributed by atoms with Crippen LogP contribution < -0.4 is 0 Å². The molecule has 0 radical (unpaired) electrons. The fraction of sp³-hybridized carbons (Fsp3) is 0.588. The number of esters is 1. The van der Waals surface area contributed by atoms with Gasteiger partial charge in [-0.1, -0.05) is 23.3 Å². The molecule has 0 aliphatic rings. The van der Waals surface area contributed by atoms with Gasteiger partial charge in [-0.25, -0.2) is 4.79 Å². The molecule has 3 heteroatoms. The van der Waals surface area contributed by atoms with E-state index < -0.39 is 11.8 Å². The number of rotatable bonds is 8. The van der Waals surface area contributed by atoms with Crippen molar-refractivity contribution in [2.75, 3.05) is 6.61 Å².